The fraction of sp³-hybridized carbons (Fsp3) is 1.00. The molecule has 1 saturated heterocycles. The molecule has 0 spiro atoms. The standard InChI is InChI=1S/C10H22N2O/c1-4-10(7-11-3)12-5-6-13-8-9(12)2/h9-11H,4-8H2,1-3H3. The normalized spacial score (nSPS) is 27.5. The molecule has 0 radical (unpaired) electrons. The lowest BCUT2D eigenvalue weighted by Crippen LogP contribution is -2.52. The number of nitrogens with zero attached hydrogens (tertiary/aromatic N) is 1. The van der Waals surface area contributed by atoms with Gasteiger partial charge in [0.2, 0.25) is 0 Å². The Labute approximate surface area is 81.4 Å². The quantitative estimate of drug-likeness (QED) is 0.699. The van der Waals surface area contributed by atoms with Crippen LogP contribution in [0, 0.1) is 0 Å². The van der Waals surface area contributed by atoms with Gasteiger partial charge in [-0.3, -0.25) is 4.90 Å². The molecule has 1 aliphatic rings. The number of hydrogen-bond acceptors (Lipinski definition) is 3. The fourth-order valence-corrected chi connectivity index (χ4v) is 2.01. The average Bonchev–Trinajstić information content (AvgIpc) is 2.16. The van der Waals surface area contributed by atoms with Crippen LogP contribution in [0.15, 0.2) is 0 Å². The largest absolute Gasteiger partial charge is 0.379 e. The molecule has 0 bridgehead atoms. The fourth-order valence-electron chi connectivity index (χ4n) is 2.01. The van der Waals surface area contributed by atoms with E-state index < -0.39 is 0 Å². The van der Waals surface area contributed by atoms with Crippen molar-refractivity contribution in [3.63, 3.8) is 0 Å². The van der Waals surface area contributed by atoms with Gasteiger partial charge in [-0.25, -0.2) is 0 Å². The van der Waals surface area contributed by atoms with Crippen molar-refractivity contribution < 1.29 is 4.74 Å². The maximum absolute atomic E-state index is 5.42. The van der Waals surface area contributed by atoms with Crippen molar-refractivity contribution in [2.24, 2.45) is 0 Å². The monoisotopic (exact) mass is 186 g/mol. The lowest BCUT2D eigenvalue weighted by Gasteiger charge is -2.39. The lowest BCUT2D eigenvalue weighted by atomic mass is 10.1. The second kappa shape index (κ2) is 5.58. The summed E-state index contributed by atoms with van der Waals surface area (Å²) >= 11 is 0. The number of likely N-dealkylation sites (N-methyl/N-ethyl adjacent to an activating group) is 1. The van der Waals surface area contributed by atoms with Gasteiger partial charge in [-0.15, -0.1) is 0 Å². The molecule has 0 aliphatic carbocycles. The van der Waals surface area contributed by atoms with Crippen molar-refractivity contribution in [1.82, 2.24) is 10.2 Å². The molecule has 3 nitrogen and oxygen atoms in total. The second-order valence-corrected chi connectivity index (χ2v) is 3.78. The Hall–Kier alpha value is -0.120. The summed E-state index contributed by atoms with van der Waals surface area (Å²) in [5.74, 6) is 0. The Balaban J connectivity index is 2.44. The number of hydrogen-bond donors (Lipinski definition) is 1. The topological polar surface area (TPSA) is 24.5 Å². The predicted octanol–water partition coefficient (Wildman–Crippen LogP) is 0.705. The minimum atomic E-state index is 0.576. The molecule has 3 heteroatoms. The zero-order valence-corrected chi connectivity index (χ0v) is 9.05. The van der Waals surface area contributed by atoms with Gasteiger partial charge in [0.25, 0.3) is 0 Å². The average molecular weight is 186 g/mol. The number of ether oxygens (including phenoxy) is 1. The molecule has 0 aromatic carbocycles. The van der Waals surface area contributed by atoms with Gasteiger partial charge in [0.1, 0.15) is 0 Å². The van der Waals surface area contributed by atoms with Gasteiger partial charge < -0.3 is 10.1 Å². The van der Waals surface area contributed by atoms with Crippen LogP contribution in [0.3, 0.4) is 0 Å². The van der Waals surface area contributed by atoms with Gasteiger partial charge >= 0.3 is 0 Å². The van der Waals surface area contributed by atoms with Gasteiger partial charge in [-0.05, 0) is 20.4 Å². The van der Waals surface area contributed by atoms with E-state index in [0.29, 0.717) is 12.1 Å². The maximum Gasteiger partial charge on any atom is 0.0619 e. The maximum atomic E-state index is 5.42. The van der Waals surface area contributed by atoms with E-state index in [1.807, 2.05) is 7.05 Å². The summed E-state index contributed by atoms with van der Waals surface area (Å²) in [5, 5.41) is 3.25. The van der Waals surface area contributed by atoms with Crippen molar-refractivity contribution in [2.75, 3.05) is 33.4 Å². The SMILES string of the molecule is CCC(CNC)N1CCOCC1C. The predicted molar refractivity (Wildman–Crippen MR) is 55.0 cm³/mol. The Bertz CT molecular complexity index is 141. The molecular weight excluding hydrogens is 164 g/mol. The van der Waals surface area contributed by atoms with Gasteiger partial charge in [0.05, 0.1) is 13.2 Å². The van der Waals surface area contributed by atoms with Crippen LogP contribution in [0.4, 0.5) is 0 Å². The van der Waals surface area contributed by atoms with Crippen LogP contribution in [0.2, 0.25) is 0 Å². The highest BCUT2D eigenvalue weighted by molar-refractivity contribution is 4.79. The Kier molecular flexibility index (Phi) is 4.70. The summed E-state index contributed by atoms with van der Waals surface area (Å²) in [4.78, 5) is 2.56. The summed E-state index contributed by atoms with van der Waals surface area (Å²) < 4.78 is 5.42. The van der Waals surface area contributed by atoms with E-state index in [9.17, 15) is 0 Å². The van der Waals surface area contributed by atoms with Crippen LogP contribution >= 0.6 is 0 Å². The molecule has 1 aliphatic heterocycles. The van der Waals surface area contributed by atoms with Gasteiger partial charge in [-0.2, -0.15) is 0 Å². The summed E-state index contributed by atoms with van der Waals surface area (Å²) in [6.45, 7) is 8.45. The zero-order valence-electron chi connectivity index (χ0n) is 9.05. The third kappa shape index (κ3) is 2.93. The molecule has 2 unspecified atom stereocenters. The third-order valence-electron chi connectivity index (χ3n) is 2.80. The lowest BCUT2D eigenvalue weighted by molar-refractivity contribution is -0.0221. The summed E-state index contributed by atoms with van der Waals surface area (Å²) in [7, 11) is 2.02. The highest BCUT2D eigenvalue weighted by Crippen LogP contribution is 2.12. The Morgan fingerprint density at radius 3 is 2.92 bits per heavy atom. The van der Waals surface area contributed by atoms with Crippen molar-refractivity contribution in [1.29, 1.82) is 0 Å². The third-order valence-corrected chi connectivity index (χ3v) is 2.80. The van der Waals surface area contributed by atoms with Crippen LogP contribution in [0.1, 0.15) is 20.3 Å². The van der Waals surface area contributed by atoms with Crippen LogP contribution in [0.25, 0.3) is 0 Å². The number of nitrogens with one attached hydrogen (secondary N) is 1. The molecule has 1 N–H and O–H groups in total. The second-order valence-electron chi connectivity index (χ2n) is 3.78. The molecule has 2 atom stereocenters. The van der Waals surface area contributed by atoms with E-state index in [1.165, 1.54) is 6.42 Å². The van der Waals surface area contributed by atoms with E-state index in [-0.39, 0.29) is 0 Å². The smallest absolute Gasteiger partial charge is 0.0619 e. The van der Waals surface area contributed by atoms with Crippen LogP contribution < -0.4 is 5.32 Å². The first-order valence-electron chi connectivity index (χ1n) is 5.27. The van der Waals surface area contributed by atoms with E-state index in [0.717, 1.165) is 26.3 Å². The highest BCUT2D eigenvalue weighted by Gasteiger charge is 2.24. The Morgan fingerprint density at radius 2 is 2.38 bits per heavy atom. The summed E-state index contributed by atoms with van der Waals surface area (Å²) in [5.41, 5.74) is 0. The molecule has 0 aromatic rings. The number of rotatable bonds is 4. The van der Waals surface area contributed by atoms with E-state index in [1.54, 1.807) is 0 Å². The first kappa shape index (κ1) is 11.0. The molecule has 1 fully saturated rings. The van der Waals surface area contributed by atoms with E-state index in [4.69, 9.17) is 4.74 Å². The summed E-state index contributed by atoms with van der Waals surface area (Å²) in [6.07, 6.45) is 1.21. The Morgan fingerprint density at radius 1 is 1.62 bits per heavy atom. The first-order valence-corrected chi connectivity index (χ1v) is 5.27. The minimum absolute atomic E-state index is 0.576. The van der Waals surface area contributed by atoms with E-state index >= 15 is 0 Å². The van der Waals surface area contributed by atoms with Gasteiger partial charge in [-0.1, -0.05) is 6.92 Å². The first-order chi connectivity index (χ1) is 6.29. The highest BCUT2D eigenvalue weighted by atomic mass is 16.5. The van der Waals surface area contributed by atoms with Gasteiger partial charge in [0, 0.05) is 25.2 Å². The minimum Gasteiger partial charge on any atom is -0.379 e. The molecule has 0 saturated carbocycles. The molecule has 1 heterocycles. The molecule has 13 heavy (non-hydrogen) atoms. The molecule has 78 valence electrons. The molecule has 1 rings (SSSR count). The van der Waals surface area contributed by atoms with Crippen molar-refractivity contribution in [2.45, 2.75) is 32.4 Å². The molecule has 0 amide bonds. The van der Waals surface area contributed by atoms with E-state index in [2.05, 4.69) is 24.1 Å². The summed E-state index contributed by atoms with van der Waals surface area (Å²) in [6, 6.07) is 1.25. The van der Waals surface area contributed by atoms with Crippen molar-refractivity contribution in [3.8, 4) is 0 Å². The van der Waals surface area contributed by atoms with Crippen LogP contribution in [-0.2, 0) is 4.74 Å². The van der Waals surface area contributed by atoms with Crippen molar-refractivity contribution in [3.05, 3.63) is 0 Å². The van der Waals surface area contributed by atoms with Crippen LogP contribution in [0.5, 0.6) is 0 Å². The molecular formula is C10H22N2O. The zero-order chi connectivity index (χ0) is 9.68. The number of morpholine rings is 1. The van der Waals surface area contributed by atoms with Crippen molar-refractivity contribution >= 4 is 0 Å². The van der Waals surface area contributed by atoms with Crippen LogP contribution in [-0.4, -0.2) is 50.3 Å². The molecule has 0 aromatic heterocycles. The van der Waals surface area contributed by atoms with Gasteiger partial charge in [0.15, 0.2) is 0 Å².